The van der Waals surface area contributed by atoms with Gasteiger partial charge in [0, 0.05) is 12.0 Å². The largest absolute Gasteiger partial charge is 0.547 e. The fraction of sp³-hybridized carbons (Fsp3) is 0.400. The fourth-order valence-corrected chi connectivity index (χ4v) is 2.42. The molecule has 0 unspecified atom stereocenters. The lowest BCUT2D eigenvalue weighted by atomic mass is 9.72. The maximum absolute atomic E-state index is 12.1. The predicted octanol–water partition coefficient (Wildman–Crippen LogP) is 2.50. The van der Waals surface area contributed by atoms with E-state index in [4.69, 9.17) is 4.65 Å². The number of carbonyl (C=O) groups excluding carboxylic acids is 1. The van der Waals surface area contributed by atoms with Gasteiger partial charge in [-0.1, -0.05) is 24.8 Å². The quantitative estimate of drug-likeness (QED) is 0.836. The topological polar surface area (TPSA) is 58.6 Å². The second-order valence-electron chi connectivity index (χ2n) is 5.58. The minimum atomic E-state index is -4.39. The van der Waals surface area contributed by atoms with Gasteiger partial charge in [-0.2, -0.15) is 13.2 Å². The number of allylic oxidation sites excluding steroid dienone is 1. The summed E-state index contributed by atoms with van der Waals surface area (Å²) >= 11 is 0. The van der Waals surface area contributed by atoms with E-state index in [-0.39, 0.29) is 6.42 Å². The number of fused-ring (bicyclic) bond motifs is 1. The van der Waals surface area contributed by atoms with Crippen LogP contribution < -0.4 is 9.97 Å². The van der Waals surface area contributed by atoms with E-state index in [1.165, 1.54) is 0 Å². The number of hydrogen-bond acceptors (Lipinski definition) is 3. The maximum atomic E-state index is 12.1. The smallest absolute Gasteiger partial charge is 0.534 e. The molecule has 0 saturated heterocycles. The number of nitrogens with one attached hydrogen (secondary N) is 1. The summed E-state index contributed by atoms with van der Waals surface area (Å²) in [5.41, 5.74) is 2.28. The lowest BCUT2D eigenvalue weighted by Gasteiger charge is -2.29. The standard InChI is InChI=1S/C15H17BF3NO3/c1-9(2)11-5-3-4-10-8-12(16(22)23-14(10)11)20-13(21)6-7-15(17,18)19/h3-5,12,22H,1,6-8H2,2H3,(H,20,21)/t12-/m0/s1. The van der Waals surface area contributed by atoms with Gasteiger partial charge in [-0.3, -0.25) is 4.79 Å². The number of halogens is 3. The SMILES string of the molecule is C=C(C)c1cccc2c1OB(O)[C@@H](NC(=O)CCC(F)(F)F)C2. The molecule has 0 radical (unpaired) electrons. The maximum Gasteiger partial charge on any atom is 0.547 e. The van der Waals surface area contributed by atoms with Crippen molar-refractivity contribution in [3.63, 3.8) is 0 Å². The van der Waals surface area contributed by atoms with E-state index in [1.54, 1.807) is 25.1 Å². The summed E-state index contributed by atoms with van der Waals surface area (Å²) < 4.78 is 41.8. The summed E-state index contributed by atoms with van der Waals surface area (Å²) in [6, 6.07) is 5.38. The molecule has 8 heteroatoms. The van der Waals surface area contributed by atoms with Gasteiger partial charge in [0.15, 0.2) is 0 Å². The van der Waals surface area contributed by atoms with Crippen molar-refractivity contribution in [1.82, 2.24) is 5.32 Å². The Hall–Kier alpha value is -1.96. The number of rotatable bonds is 4. The number of amides is 1. The first-order valence-electron chi connectivity index (χ1n) is 7.16. The Bertz CT molecular complexity index is 618. The van der Waals surface area contributed by atoms with Crippen molar-refractivity contribution in [2.75, 3.05) is 0 Å². The van der Waals surface area contributed by atoms with Gasteiger partial charge in [-0.05, 0) is 24.5 Å². The highest BCUT2D eigenvalue weighted by molar-refractivity contribution is 6.46. The average Bonchev–Trinajstić information content (AvgIpc) is 2.44. The monoisotopic (exact) mass is 327 g/mol. The summed E-state index contributed by atoms with van der Waals surface area (Å²) in [4.78, 5) is 11.6. The van der Waals surface area contributed by atoms with Crippen molar-refractivity contribution >= 4 is 18.6 Å². The van der Waals surface area contributed by atoms with E-state index in [1.807, 2.05) is 0 Å². The van der Waals surface area contributed by atoms with Gasteiger partial charge in [-0.25, -0.2) is 0 Å². The zero-order valence-electron chi connectivity index (χ0n) is 12.6. The molecule has 0 spiro atoms. The van der Waals surface area contributed by atoms with Crippen LogP contribution in [-0.2, 0) is 11.2 Å². The molecule has 2 N–H and O–H groups in total. The van der Waals surface area contributed by atoms with Crippen molar-refractivity contribution in [3.8, 4) is 5.75 Å². The molecule has 0 aromatic heterocycles. The van der Waals surface area contributed by atoms with Gasteiger partial charge < -0.3 is 15.0 Å². The summed E-state index contributed by atoms with van der Waals surface area (Å²) in [5, 5.41) is 12.4. The molecule has 2 rings (SSSR count). The average molecular weight is 327 g/mol. The van der Waals surface area contributed by atoms with Crippen LogP contribution in [0.15, 0.2) is 24.8 Å². The van der Waals surface area contributed by atoms with Crippen LogP contribution in [-0.4, -0.2) is 30.2 Å². The molecule has 124 valence electrons. The second-order valence-corrected chi connectivity index (χ2v) is 5.58. The highest BCUT2D eigenvalue weighted by Crippen LogP contribution is 2.33. The summed E-state index contributed by atoms with van der Waals surface area (Å²) in [5.74, 6) is -1.06. The molecule has 0 bridgehead atoms. The van der Waals surface area contributed by atoms with Crippen LogP contribution in [0.4, 0.5) is 13.2 Å². The third-order valence-electron chi connectivity index (χ3n) is 3.56. The van der Waals surface area contributed by atoms with Crippen LogP contribution in [0.3, 0.4) is 0 Å². The fourth-order valence-electron chi connectivity index (χ4n) is 2.42. The Morgan fingerprint density at radius 1 is 1.52 bits per heavy atom. The van der Waals surface area contributed by atoms with Crippen LogP contribution in [0.5, 0.6) is 5.75 Å². The minimum absolute atomic E-state index is 0.273. The first-order chi connectivity index (χ1) is 10.7. The molecule has 1 aliphatic heterocycles. The molecule has 0 saturated carbocycles. The molecular weight excluding hydrogens is 310 g/mol. The molecule has 1 amide bonds. The first kappa shape index (κ1) is 17.4. The van der Waals surface area contributed by atoms with Gasteiger partial charge in [0.25, 0.3) is 0 Å². The van der Waals surface area contributed by atoms with Crippen molar-refractivity contribution in [2.45, 2.75) is 38.3 Å². The van der Waals surface area contributed by atoms with E-state index in [0.29, 0.717) is 5.75 Å². The van der Waals surface area contributed by atoms with E-state index in [2.05, 4.69) is 11.9 Å². The van der Waals surface area contributed by atoms with E-state index in [0.717, 1.165) is 16.7 Å². The molecule has 1 atom stereocenters. The van der Waals surface area contributed by atoms with Crippen LogP contribution in [0, 0.1) is 0 Å². The first-order valence-corrected chi connectivity index (χ1v) is 7.16. The Kier molecular flexibility index (Phi) is 5.04. The zero-order valence-corrected chi connectivity index (χ0v) is 12.6. The lowest BCUT2D eigenvalue weighted by molar-refractivity contribution is -0.144. The molecule has 0 aliphatic carbocycles. The molecule has 0 fully saturated rings. The summed E-state index contributed by atoms with van der Waals surface area (Å²) in [6.45, 7) is 5.64. The molecular formula is C15H17BF3NO3. The van der Waals surface area contributed by atoms with Gasteiger partial charge in [0.1, 0.15) is 5.75 Å². The van der Waals surface area contributed by atoms with Gasteiger partial charge in [0.05, 0.1) is 12.4 Å². The number of carbonyl (C=O) groups is 1. The van der Waals surface area contributed by atoms with Crippen LogP contribution in [0.25, 0.3) is 5.57 Å². The Morgan fingerprint density at radius 3 is 2.83 bits per heavy atom. The summed E-state index contributed by atoms with van der Waals surface area (Å²) in [6.07, 6.45) is -5.98. The van der Waals surface area contributed by atoms with E-state index >= 15 is 0 Å². The number of benzene rings is 1. The minimum Gasteiger partial charge on any atom is -0.534 e. The van der Waals surface area contributed by atoms with Crippen LogP contribution >= 0.6 is 0 Å². The van der Waals surface area contributed by atoms with Crippen LogP contribution in [0.2, 0.25) is 0 Å². The number of alkyl halides is 3. The van der Waals surface area contributed by atoms with Crippen LogP contribution in [0.1, 0.15) is 30.9 Å². The molecule has 23 heavy (non-hydrogen) atoms. The molecule has 1 aromatic carbocycles. The second kappa shape index (κ2) is 6.66. The zero-order chi connectivity index (χ0) is 17.2. The molecule has 1 heterocycles. The van der Waals surface area contributed by atoms with Gasteiger partial charge in [0.2, 0.25) is 5.91 Å². The predicted molar refractivity (Wildman–Crippen MR) is 80.7 cm³/mol. The third kappa shape index (κ3) is 4.51. The number of hydrogen-bond donors (Lipinski definition) is 2. The Labute approximate surface area is 132 Å². The molecule has 1 aromatic rings. The highest BCUT2D eigenvalue weighted by Gasteiger charge is 2.37. The van der Waals surface area contributed by atoms with Crippen molar-refractivity contribution < 1.29 is 27.6 Å². The van der Waals surface area contributed by atoms with E-state index in [9.17, 15) is 23.0 Å². The van der Waals surface area contributed by atoms with Gasteiger partial charge >= 0.3 is 13.3 Å². The van der Waals surface area contributed by atoms with Crippen molar-refractivity contribution in [3.05, 3.63) is 35.9 Å². The molecule has 4 nitrogen and oxygen atoms in total. The van der Waals surface area contributed by atoms with Gasteiger partial charge in [-0.15, -0.1) is 0 Å². The normalized spacial score (nSPS) is 17.3. The third-order valence-corrected chi connectivity index (χ3v) is 3.56. The highest BCUT2D eigenvalue weighted by atomic mass is 19.4. The Balaban J connectivity index is 2.06. The van der Waals surface area contributed by atoms with Crippen molar-refractivity contribution in [2.24, 2.45) is 0 Å². The Morgan fingerprint density at radius 2 is 2.22 bits per heavy atom. The lowest BCUT2D eigenvalue weighted by Crippen LogP contribution is -2.53. The van der Waals surface area contributed by atoms with E-state index < -0.39 is 38.0 Å². The molecule has 1 aliphatic rings. The number of para-hydroxylation sites is 1. The van der Waals surface area contributed by atoms with Crippen molar-refractivity contribution in [1.29, 1.82) is 0 Å². The summed E-state index contributed by atoms with van der Waals surface area (Å²) in [7, 11) is -1.32.